The Kier molecular flexibility index (Phi) is 6.39. The van der Waals surface area contributed by atoms with Crippen LogP contribution in [-0.4, -0.2) is 10.8 Å². The normalized spacial score (nSPS) is 14.0. The van der Waals surface area contributed by atoms with Gasteiger partial charge < -0.3 is 13.6 Å². The summed E-state index contributed by atoms with van der Waals surface area (Å²) >= 11 is 0. The fourth-order valence-corrected chi connectivity index (χ4v) is 4.37. The van der Waals surface area contributed by atoms with E-state index in [2.05, 4.69) is 0 Å². The van der Waals surface area contributed by atoms with Gasteiger partial charge in [0, 0.05) is 6.42 Å². The summed E-state index contributed by atoms with van der Waals surface area (Å²) in [7, 11) is -4.16. The summed E-state index contributed by atoms with van der Waals surface area (Å²) in [6.07, 6.45) is 2.57. The molecule has 1 aliphatic rings. The number of carbonyl (C=O) groups is 1. The molecule has 0 atom stereocenters. The predicted molar refractivity (Wildman–Crippen MR) is 117 cm³/mol. The lowest BCUT2D eigenvalue weighted by Gasteiger charge is -2.30. The first-order chi connectivity index (χ1) is 15.1. The van der Waals surface area contributed by atoms with Crippen LogP contribution in [0.1, 0.15) is 18.4 Å². The van der Waals surface area contributed by atoms with Gasteiger partial charge in [-0.1, -0.05) is 66.7 Å². The molecule has 0 saturated heterocycles. The zero-order valence-corrected chi connectivity index (χ0v) is 17.7. The lowest BCUT2D eigenvalue weighted by atomic mass is 10.1. The highest BCUT2D eigenvalue weighted by molar-refractivity contribution is 7.49. The second-order valence-corrected chi connectivity index (χ2v) is 8.34. The molecule has 0 aliphatic carbocycles. The average molecular weight is 435 g/mol. The van der Waals surface area contributed by atoms with E-state index in [9.17, 15) is 9.36 Å². The molecule has 31 heavy (non-hydrogen) atoms. The van der Waals surface area contributed by atoms with E-state index in [0.29, 0.717) is 30.9 Å². The van der Waals surface area contributed by atoms with Gasteiger partial charge in [0.15, 0.2) is 0 Å². The summed E-state index contributed by atoms with van der Waals surface area (Å²) in [5, 5.41) is 0. The Balaban J connectivity index is 1.61. The van der Waals surface area contributed by atoms with E-state index in [4.69, 9.17) is 13.6 Å². The monoisotopic (exact) mass is 435 g/mol. The Morgan fingerprint density at radius 2 is 1.26 bits per heavy atom. The zero-order chi connectivity index (χ0) is 21.5. The first kappa shape index (κ1) is 20.8. The van der Waals surface area contributed by atoms with Crippen LogP contribution in [0.5, 0.6) is 11.5 Å². The first-order valence-corrected chi connectivity index (χ1v) is 11.4. The lowest BCUT2D eigenvalue weighted by molar-refractivity contribution is -0.132. The van der Waals surface area contributed by atoms with Crippen molar-refractivity contribution in [3.63, 3.8) is 0 Å². The summed E-state index contributed by atoms with van der Waals surface area (Å²) in [6.45, 7) is 0.294. The van der Waals surface area contributed by atoms with Crippen molar-refractivity contribution in [1.29, 1.82) is 0 Å². The SMILES string of the molecule is O=C1CCC=C(OP(=O)(Oc2ccccc2)Oc2ccccc2)N1Cc1ccccc1. The number of hydrogen-bond acceptors (Lipinski definition) is 5. The lowest BCUT2D eigenvalue weighted by Crippen LogP contribution is -2.33. The van der Waals surface area contributed by atoms with Gasteiger partial charge in [0.05, 0.1) is 6.54 Å². The molecule has 3 aromatic carbocycles. The van der Waals surface area contributed by atoms with Crippen LogP contribution < -0.4 is 9.05 Å². The Morgan fingerprint density at radius 3 is 1.81 bits per heavy atom. The van der Waals surface area contributed by atoms with Gasteiger partial charge in [-0.25, -0.2) is 0 Å². The van der Waals surface area contributed by atoms with E-state index in [1.165, 1.54) is 4.90 Å². The van der Waals surface area contributed by atoms with E-state index in [-0.39, 0.29) is 11.8 Å². The number of hydrogen-bond donors (Lipinski definition) is 0. The predicted octanol–water partition coefficient (Wildman–Crippen LogP) is 5.93. The van der Waals surface area contributed by atoms with Crippen molar-refractivity contribution < 1.29 is 22.9 Å². The standard InChI is InChI=1S/C24H22NO5P/c26-23-17-10-18-24(25(23)19-20-11-4-1-5-12-20)30-31(27,28-21-13-6-2-7-14-21)29-22-15-8-3-9-16-22/h1-9,11-16,18H,10,17,19H2. The van der Waals surface area contributed by atoms with Crippen molar-refractivity contribution >= 4 is 13.7 Å². The van der Waals surface area contributed by atoms with Crippen LogP contribution in [0.3, 0.4) is 0 Å². The minimum atomic E-state index is -4.16. The molecule has 4 rings (SSSR count). The minimum Gasteiger partial charge on any atom is -0.386 e. The highest BCUT2D eigenvalue weighted by Gasteiger charge is 2.37. The summed E-state index contributed by atoms with van der Waals surface area (Å²) < 4.78 is 30.8. The van der Waals surface area contributed by atoms with Gasteiger partial charge in [-0.2, -0.15) is 4.57 Å². The number of phosphoric ester groups is 1. The largest absolute Gasteiger partial charge is 0.648 e. The summed E-state index contributed by atoms with van der Waals surface area (Å²) in [5.41, 5.74) is 0.926. The fourth-order valence-electron chi connectivity index (χ4n) is 3.10. The third-order valence-electron chi connectivity index (χ3n) is 4.55. The molecule has 0 aromatic heterocycles. The third kappa shape index (κ3) is 5.56. The Morgan fingerprint density at radius 1 is 0.742 bits per heavy atom. The summed E-state index contributed by atoms with van der Waals surface area (Å²) in [5.74, 6) is 0.709. The molecule has 6 nitrogen and oxygen atoms in total. The number of para-hydroxylation sites is 2. The molecule has 0 saturated carbocycles. The van der Waals surface area contributed by atoms with Crippen LogP contribution in [0, 0.1) is 0 Å². The third-order valence-corrected chi connectivity index (χ3v) is 5.83. The van der Waals surface area contributed by atoms with Crippen LogP contribution in [0.15, 0.2) is 103 Å². The number of amides is 1. The molecule has 158 valence electrons. The maximum Gasteiger partial charge on any atom is 0.648 e. The quantitative estimate of drug-likeness (QED) is 0.410. The van der Waals surface area contributed by atoms with Crippen LogP contribution >= 0.6 is 7.82 Å². The topological polar surface area (TPSA) is 65.1 Å². The van der Waals surface area contributed by atoms with Crippen LogP contribution in [0.4, 0.5) is 0 Å². The Labute approximate surface area is 181 Å². The fraction of sp³-hybridized carbons (Fsp3) is 0.125. The number of allylic oxidation sites excluding steroid dienone is 1. The molecule has 0 N–H and O–H groups in total. The maximum absolute atomic E-state index is 13.7. The van der Waals surface area contributed by atoms with E-state index in [1.807, 2.05) is 42.5 Å². The molecule has 1 aliphatic heterocycles. The van der Waals surface area contributed by atoms with Crippen molar-refractivity contribution in [2.45, 2.75) is 19.4 Å². The van der Waals surface area contributed by atoms with E-state index < -0.39 is 7.82 Å². The van der Waals surface area contributed by atoms with Gasteiger partial charge in [-0.15, -0.1) is 0 Å². The first-order valence-electron chi connectivity index (χ1n) is 9.95. The number of nitrogens with zero attached hydrogens (tertiary/aromatic N) is 1. The molecule has 0 unspecified atom stereocenters. The van der Waals surface area contributed by atoms with Crippen molar-refractivity contribution in [2.24, 2.45) is 0 Å². The van der Waals surface area contributed by atoms with Gasteiger partial charge in [-0.3, -0.25) is 9.69 Å². The van der Waals surface area contributed by atoms with E-state index in [0.717, 1.165) is 5.56 Å². The van der Waals surface area contributed by atoms with Crippen molar-refractivity contribution in [3.8, 4) is 11.5 Å². The molecule has 0 bridgehead atoms. The molecule has 0 spiro atoms. The number of carbonyl (C=O) groups excluding carboxylic acids is 1. The molecule has 0 fully saturated rings. The minimum absolute atomic E-state index is 0.118. The van der Waals surface area contributed by atoms with Crippen LogP contribution in [-0.2, 0) is 20.4 Å². The Bertz CT molecular complexity index is 1040. The second-order valence-electron chi connectivity index (χ2n) is 6.89. The molecule has 3 aromatic rings. The van der Waals surface area contributed by atoms with Gasteiger partial charge in [0.2, 0.25) is 11.8 Å². The van der Waals surface area contributed by atoms with E-state index >= 15 is 0 Å². The molecule has 7 heteroatoms. The zero-order valence-electron chi connectivity index (χ0n) is 16.8. The molecule has 1 heterocycles. The molecular formula is C24H22NO5P. The number of phosphoric acid groups is 1. The van der Waals surface area contributed by atoms with Crippen molar-refractivity contribution in [2.75, 3.05) is 0 Å². The Hall–Kier alpha value is -3.50. The van der Waals surface area contributed by atoms with Gasteiger partial charge in [0.1, 0.15) is 11.5 Å². The van der Waals surface area contributed by atoms with Crippen molar-refractivity contribution in [3.05, 3.63) is 109 Å². The summed E-state index contributed by atoms with van der Waals surface area (Å²) in [4.78, 5) is 14.1. The average Bonchev–Trinajstić information content (AvgIpc) is 2.78. The smallest absolute Gasteiger partial charge is 0.386 e. The highest BCUT2D eigenvalue weighted by Crippen LogP contribution is 2.52. The van der Waals surface area contributed by atoms with Crippen LogP contribution in [0.2, 0.25) is 0 Å². The van der Waals surface area contributed by atoms with Crippen molar-refractivity contribution in [1.82, 2.24) is 4.90 Å². The maximum atomic E-state index is 13.7. The molecule has 0 radical (unpaired) electrons. The number of benzene rings is 3. The van der Waals surface area contributed by atoms with E-state index in [1.54, 1.807) is 54.6 Å². The summed E-state index contributed by atoms with van der Waals surface area (Å²) in [6, 6.07) is 26.8. The van der Waals surface area contributed by atoms with Gasteiger partial charge >= 0.3 is 7.82 Å². The van der Waals surface area contributed by atoms with Crippen LogP contribution in [0.25, 0.3) is 0 Å². The molecule has 1 amide bonds. The number of rotatable bonds is 8. The molecular weight excluding hydrogens is 413 g/mol. The van der Waals surface area contributed by atoms with Gasteiger partial charge in [0.25, 0.3) is 0 Å². The second kappa shape index (κ2) is 9.54. The van der Waals surface area contributed by atoms with Gasteiger partial charge in [-0.05, 0) is 42.3 Å². The highest BCUT2D eigenvalue weighted by atomic mass is 31.2.